The highest BCUT2D eigenvalue weighted by molar-refractivity contribution is 6.42. The van der Waals surface area contributed by atoms with E-state index in [2.05, 4.69) is 5.32 Å². The number of methoxy groups -OCH3 is 1. The first kappa shape index (κ1) is 11.1. The summed E-state index contributed by atoms with van der Waals surface area (Å²) in [5.41, 5.74) is 1.03. The third-order valence-electron chi connectivity index (χ3n) is 2.84. The summed E-state index contributed by atoms with van der Waals surface area (Å²) < 4.78 is 5.30. The van der Waals surface area contributed by atoms with Crippen molar-refractivity contribution in [1.82, 2.24) is 5.32 Å². The minimum atomic E-state index is 0.427. The van der Waals surface area contributed by atoms with E-state index in [1.807, 2.05) is 13.1 Å². The van der Waals surface area contributed by atoms with Crippen molar-refractivity contribution in [3.63, 3.8) is 0 Å². The Morgan fingerprint density at radius 1 is 1.40 bits per heavy atom. The van der Waals surface area contributed by atoms with Crippen LogP contribution in [0.2, 0.25) is 10.0 Å². The van der Waals surface area contributed by atoms with Gasteiger partial charge in [-0.05, 0) is 25.6 Å². The van der Waals surface area contributed by atoms with Gasteiger partial charge < -0.3 is 10.1 Å². The van der Waals surface area contributed by atoms with Crippen LogP contribution in [0.15, 0.2) is 12.1 Å². The lowest BCUT2D eigenvalue weighted by Gasteiger charge is -2.11. The Labute approximate surface area is 99.5 Å². The maximum atomic E-state index is 6.19. The highest BCUT2D eigenvalue weighted by atomic mass is 35.5. The predicted octanol–water partition coefficient (Wildman–Crippen LogP) is 3.08. The van der Waals surface area contributed by atoms with E-state index in [4.69, 9.17) is 27.9 Å². The lowest BCUT2D eigenvalue weighted by atomic mass is 10.1. The van der Waals surface area contributed by atoms with Gasteiger partial charge in [-0.2, -0.15) is 0 Å². The summed E-state index contributed by atoms with van der Waals surface area (Å²) in [4.78, 5) is 0. The van der Waals surface area contributed by atoms with E-state index < -0.39 is 0 Å². The molecule has 82 valence electrons. The molecule has 0 heterocycles. The van der Waals surface area contributed by atoms with Gasteiger partial charge in [0.1, 0.15) is 5.75 Å². The fourth-order valence-corrected chi connectivity index (χ4v) is 2.37. The Bertz CT molecular complexity index is 381. The topological polar surface area (TPSA) is 21.3 Å². The Balaban J connectivity index is 2.39. The van der Waals surface area contributed by atoms with Crippen LogP contribution in [0.3, 0.4) is 0 Å². The van der Waals surface area contributed by atoms with Gasteiger partial charge in [-0.15, -0.1) is 0 Å². The molecule has 2 rings (SSSR count). The predicted molar refractivity (Wildman–Crippen MR) is 63.2 cm³/mol. The minimum Gasteiger partial charge on any atom is -0.496 e. The maximum absolute atomic E-state index is 6.19. The van der Waals surface area contributed by atoms with Crippen LogP contribution in [0, 0.1) is 0 Å². The average molecular weight is 246 g/mol. The molecule has 1 aliphatic carbocycles. The Kier molecular flexibility index (Phi) is 3.10. The number of ether oxygens (including phenoxy) is 1. The summed E-state index contributed by atoms with van der Waals surface area (Å²) in [6, 6.07) is 4.13. The lowest BCUT2D eigenvalue weighted by molar-refractivity contribution is 0.409. The highest BCUT2D eigenvalue weighted by Crippen LogP contribution is 2.49. The molecule has 1 fully saturated rings. The van der Waals surface area contributed by atoms with Crippen molar-refractivity contribution in [3.8, 4) is 5.75 Å². The molecule has 0 aromatic heterocycles. The third kappa shape index (κ3) is 1.94. The molecule has 1 aromatic carbocycles. The summed E-state index contributed by atoms with van der Waals surface area (Å²) in [5.74, 6) is 1.25. The molecule has 0 amide bonds. The Hall–Kier alpha value is -0.440. The molecule has 1 N–H and O–H groups in total. The molecule has 15 heavy (non-hydrogen) atoms. The average Bonchev–Trinajstić information content (AvgIpc) is 3.00. The second kappa shape index (κ2) is 4.20. The first-order valence-electron chi connectivity index (χ1n) is 4.88. The molecule has 1 aromatic rings. The highest BCUT2D eigenvalue weighted by Gasteiger charge is 2.40. The second-order valence-electron chi connectivity index (χ2n) is 3.71. The molecule has 2 unspecified atom stereocenters. The normalized spacial score (nSPS) is 24.0. The Morgan fingerprint density at radius 3 is 2.67 bits per heavy atom. The standard InChI is InChI=1S/C11H13Cl2NO/c1-14-8-5-6(8)10-9(15-2)4-3-7(12)11(10)13/h3-4,6,8,14H,5H2,1-2H3. The van der Waals surface area contributed by atoms with E-state index in [0.717, 1.165) is 17.7 Å². The van der Waals surface area contributed by atoms with Crippen molar-refractivity contribution in [2.45, 2.75) is 18.4 Å². The summed E-state index contributed by atoms with van der Waals surface area (Å²) >= 11 is 12.2. The molecule has 0 spiro atoms. The zero-order chi connectivity index (χ0) is 11.0. The molecule has 0 saturated heterocycles. The fourth-order valence-electron chi connectivity index (χ4n) is 1.91. The monoisotopic (exact) mass is 245 g/mol. The van der Waals surface area contributed by atoms with Crippen molar-refractivity contribution in [2.75, 3.05) is 14.2 Å². The zero-order valence-corrected chi connectivity index (χ0v) is 10.2. The first-order chi connectivity index (χ1) is 7.19. The van der Waals surface area contributed by atoms with Gasteiger partial charge in [0.05, 0.1) is 17.2 Å². The van der Waals surface area contributed by atoms with Crippen LogP contribution in [0.25, 0.3) is 0 Å². The van der Waals surface area contributed by atoms with E-state index in [-0.39, 0.29) is 0 Å². The van der Waals surface area contributed by atoms with Crippen LogP contribution in [-0.4, -0.2) is 20.2 Å². The molecule has 0 bridgehead atoms. The fraction of sp³-hybridized carbons (Fsp3) is 0.455. The number of nitrogens with one attached hydrogen (secondary N) is 1. The van der Waals surface area contributed by atoms with Crippen molar-refractivity contribution in [3.05, 3.63) is 27.7 Å². The van der Waals surface area contributed by atoms with Gasteiger partial charge >= 0.3 is 0 Å². The largest absolute Gasteiger partial charge is 0.496 e. The van der Waals surface area contributed by atoms with Crippen LogP contribution in [0.4, 0.5) is 0 Å². The van der Waals surface area contributed by atoms with Crippen LogP contribution < -0.4 is 10.1 Å². The summed E-state index contributed by atoms with van der Waals surface area (Å²) in [5, 5.41) is 4.44. The lowest BCUT2D eigenvalue weighted by Crippen LogP contribution is -2.10. The molecule has 4 heteroatoms. The van der Waals surface area contributed by atoms with Crippen LogP contribution in [0.5, 0.6) is 5.75 Å². The molecule has 1 aliphatic rings. The quantitative estimate of drug-likeness (QED) is 0.884. The van der Waals surface area contributed by atoms with Gasteiger partial charge in [0.15, 0.2) is 0 Å². The molecule has 0 aliphatic heterocycles. The smallest absolute Gasteiger partial charge is 0.123 e. The van der Waals surface area contributed by atoms with E-state index in [9.17, 15) is 0 Å². The van der Waals surface area contributed by atoms with Gasteiger partial charge in [-0.1, -0.05) is 23.2 Å². The van der Waals surface area contributed by atoms with E-state index in [1.165, 1.54) is 0 Å². The van der Waals surface area contributed by atoms with Gasteiger partial charge in [0.25, 0.3) is 0 Å². The third-order valence-corrected chi connectivity index (χ3v) is 3.66. The number of hydrogen-bond acceptors (Lipinski definition) is 2. The summed E-state index contributed by atoms with van der Waals surface area (Å²) in [6.07, 6.45) is 1.09. The first-order valence-corrected chi connectivity index (χ1v) is 5.63. The van der Waals surface area contributed by atoms with E-state index in [0.29, 0.717) is 22.0 Å². The van der Waals surface area contributed by atoms with Gasteiger partial charge in [-0.3, -0.25) is 0 Å². The SMILES string of the molecule is CNC1CC1c1c(OC)ccc(Cl)c1Cl. The molecular weight excluding hydrogens is 233 g/mol. The van der Waals surface area contributed by atoms with Crippen LogP contribution >= 0.6 is 23.2 Å². The number of rotatable bonds is 3. The molecular formula is C11H13Cl2NO. The van der Waals surface area contributed by atoms with E-state index >= 15 is 0 Å². The number of hydrogen-bond donors (Lipinski definition) is 1. The maximum Gasteiger partial charge on any atom is 0.123 e. The van der Waals surface area contributed by atoms with E-state index in [1.54, 1.807) is 13.2 Å². The number of halogens is 2. The molecule has 0 radical (unpaired) electrons. The van der Waals surface area contributed by atoms with Crippen LogP contribution in [0.1, 0.15) is 17.9 Å². The molecule has 1 saturated carbocycles. The van der Waals surface area contributed by atoms with Gasteiger partial charge in [0, 0.05) is 17.5 Å². The summed E-state index contributed by atoms with van der Waals surface area (Å²) in [7, 11) is 3.61. The second-order valence-corrected chi connectivity index (χ2v) is 4.50. The Morgan fingerprint density at radius 2 is 2.13 bits per heavy atom. The van der Waals surface area contributed by atoms with Crippen molar-refractivity contribution < 1.29 is 4.74 Å². The number of benzene rings is 1. The van der Waals surface area contributed by atoms with Gasteiger partial charge in [0.2, 0.25) is 0 Å². The van der Waals surface area contributed by atoms with Crippen molar-refractivity contribution in [2.24, 2.45) is 0 Å². The van der Waals surface area contributed by atoms with Crippen molar-refractivity contribution >= 4 is 23.2 Å². The minimum absolute atomic E-state index is 0.427. The van der Waals surface area contributed by atoms with Crippen LogP contribution in [-0.2, 0) is 0 Å². The number of likely N-dealkylation sites (N-methyl/N-ethyl adjacent to an activating group) is 1. The van der Waals surface area contributed by atoms with Gasteiger partial charge in [-0.25, -0.2) is 0 Å². The van der Waals surface area contributed by atoms with Crippen molar-refractivity contribution in [1.29, 1.82) is 0 Å². The molecule has 2 nitrogen and oxygen atoms in total. The summed E-state index contributed by atoms with van der Waals surface area (Å²) in [6.45, 7) is 0. The molecule has 2 atom stereocenters. The zero-order valence-electron chi connectivity index (χ0n) is 8.68.